The summed E-state index contributed by atoms with van der Waals surface area (Å²) in [6, 6.07) is 11.7. The van der Waals surface area contributed by atoms with Crippen molar-refractivity contribution in [2.75, 3.05) is 26.6 Å². The van der Waals surface area contributed by atoms with Crippen LogP contribution in [0.15, 0.2) is 52.8 Å². The Morgan fingerprint density at radius 2 is 1.96 bits per heavy atom. The van der Waals surface area contributed by atoms with E-state index >= 15 is 0 Å². The molecule has 1 amide bonds. The van der Waals surface area contributed by atoms with E-state index in [1.165, 1.54) is 0 Å². The molecule has 13 heteroatoms. The molecule has 6 rings (SSSR count). The fourth-order valence-corrected chi connectivity index (χ4v) is 6.67. The van der Waals surface area contributed by atoms with Gasteiger partial charge >= 0.3 is 0 Å². The quantitative estimate of drug-likeness (QED) is 0.151. The van der Waals surface area contributed by atoms with Gasteiger partial charge in [0.2, 0.25) is 12.6 Å². The maximum atomic E-state index is 13.7. The van der Waals surface area contributed by atoms with Crippen LogP contribution in [-0.4, -0.2) is 88.7 Å². The molecule has 3 aliphatic rings. The molecular formula is C35H43N3O9S. The van der Waals surface area contributed by atoms with Gasteiger partial charge in [-0.05, 0) is 69.5 Å². The van der Waals surface area contributed by atoms with Crippen LogP contribution in [0.25, 0.3) is 0 Å². The predicted octanol–water partition coefficient (Wildman–Crippen LogP) is 4.49. The number of carbonyl (C=O) groups excluding carboxylic acids is 1. The summed E-state index contributed by atoms with van der Waals surface area (Å²) in [5, 5.41) is 26.1. The molecule has 2 aromatic carbocycles. The summed E-state index contributed by atoms with van der Waals surface area (Å²) in [5.41, 5.74) is 2.21. The molecule has 3 aromatic rings. The molecule has 4 heterocycles. The lowest BCUT2D eigenvalue weighted by Gasteiger charge is -2.32. The van der Waals surface area contributed by atoms with Gasteiger partial charge in [-0.2, -0.15) is 0 Å². The lowest BCUT2D eigenvalue weighted by molar-refractivity contribution is -0.171. The Labute approximate surface area is 284 Å². The number of aliphatic hydroxyl groups excluding tert-OH is 1. The highest BCUT2D eigenvalue weighted by Crippen LogP contribution is 2.40. The van der Waals surface area contributed by atoms with Crippen LogP contribution in [0.5, 0.6) is 17.2 Å². The third-order valence-electron chi connectivity index (χ3n) is 8.73. The molecule has 12 nitrogen and oxygen atoms in total. The van der Waals surface area contributed by atoms with Gasteiger partial charge in [0.15, 0.2) is 23.7 Å². The van der Waals surface area contributed by atoms with E-state index in [-0.39, 0.29) is 43.7 Å². The molecule has 48 heavy (non-hydrogen) atoms. The molecule has 0 spiro atoms. The summed E-state index contributed by atoms with van der Waals surface area (Å²) < 4.78 is 34.2. The summed E-state index contributed by atoms with van der Waals surface area (Å²) in [4.78, 5) is 24.7. The van der Waals surface area contributed by atoms with Gasteiger partial charge in [0.05, 0.1) is 35.4 Å². The molecule has 5 atom stereocenters. The molecular weight excluding hydrogens is 638 g/mol. The van der Waals surface area contributed by atoms with Crippen molar-refractivity contribution in [1.82, 2.24) is 9.88 Å². The van der Waals surface area contributed by atoms with Crippen molar-refractivity contribution in [2.45, 2.75) is 83.8 Å². The number of fused-ring (bicyclic) bond motifs is 2. The first-order chi connectivity index (χ1) is 23.1. The number of aliphatic hydroxyl groups is 2. The van der Waals surface area contributed by atoms with Crippen LogP contribution in [0.3, 0.4) is 0 Å². The molecule has 3 aliphatic heterocycles. The minimum absolute atomic E-state index is 0.0102. The number of nitrogens with zero attached hydrogens (tertiary/aromatic N) is 3. The summed E-state index contributed by atoms with van der Waals surface area (Å²) in [7, 11) is 0. The highest BCUT2D eigenvalue weighted by Gasteiger charge is 2.54. The fourth-order valence-electron chi connectivity index (χ4n) is 6.07. The highest BCUT2D eigenvalue weighted by atomic mass is 32.1. The Balaban J connectivity index is 1.21. The van der Waals surface area contributed by atoms with E-state index in [0.29, 0.717) is 55.3 Å². The number of hydrogen-bond donors (Lipinski definition) is 2. The number of carbonyl (C=O) groups is 1. The number of amides is 1. The second-order valence-electron chi connectivity index (χ2n) is 12.5. The molecule has 2 fully saturated rings. The molecule has 1 aromatic heterocycles. The van der Waals surface area contributed by atoms with E-state index < -0.39 is 24.2 Å². The Kier molecular flexibility index (Phi) is 10.5. The minimum atomic E-state index is -1.58. The van der Waals surface area contributed by atoms with Gasteiger partial charge in [0.1, 0.15) is 19.0 Å². The molecule has 5 unspecified atom stereocenters. The topological polar surface area (TPSA) is 141 Å². The second kappa shape index (κ2) is 14.8. The first kappa shape index (κ1) is 34.1. The number of hydrogen-bond acceptors (Lipinski definition) is 12. The van der Waals surface area contributed by atoms with Gasteiger partial charge in [-0.1, -0.05) is 19.1 Å². The zero-order chi connectivity index (χ0) is 33.8. The third-order valence-corrected chi connectivity index (χ3v) is 9.56. The Morgan fingerprint density at radius 3 is 2.69 bits per heavy atom. The summed E-state index contributed by atoms with van der Waals surface area (Å²) in [6.07, 6.45) is -0.274. The van der Waals surface area contributed by atoms with Crippen molar-refractivity contribution >= 4 is 23.1 Å². The summed E-state index contributed by atoms with van der Waals surface area (Å²) >= 11 is 1.58. The van der Waals surface area contributed by atoms with E-state index in [4.69, 9.17) is 33.4 Å². The summed E-state index contributed by atoms with van der Waals surface area (Å²) in [6.45, 7) is 8.56. The van der Waals surface area contributed by atoms with E-state index in [2.05, 4.69) is 4.98 Å². The van der Waals surface area contributed by atoms with Gasteiger partial charge in [-0.25, -0.2) is 9.98 Å². The molecule has 2 saturated heterocycles. The maximum Gasteiger partial charge on any atom is 0.254 e. The third kappa shape index (κ3) is 7.76. The molecule has 0 aliphatic carbocycles. The van der Waals surface area contributed by atoms with Crippen molar-refractivity contribution in [3.63, 3.8) is 0 Å². The molecule has 0 saturated carbocycles. The lowest BCUT2D eigenvalue weighted by Crippen LogP contribution is -2.46. The van der Waals surface area contributed by atoms with Crippen LogP contribution < -0.4 is 14.2 Å². The monoisotopic (exact) mass is 681 g/mol. The Morgan fingerprint density at radius 1 is 1.17 bits per heavy atom. The Bertz CT molecular complexity index is 1600. The number of ether oxygens (including phenoxy) is 6. The van der Waals surface area contributed by atoms with Crippen molar-refractivity contribution in [2.24, 2.45) is 10.9 Å². The van der Waals surface area contributed by atoms with Crippen LogP contribution >= 0.6 is 11.3 Å². The van der Waals surface area contributed by atoms with Gasteiger partial charge in [0, 0.05) is 30.0 Å². The average molecular weight is 682 g/mol. The Hall–Kier alpha value is -3.75. The van der Waals surface area contributed by atoms with Crippen LogP contribution in [0.1, 0.15) is 60.2 Å². The van der Waals surface area contributed by atoms with Crippen molar-refractivity contribution in [3.8, 4) is 17.2 Å². The zero-order valence-electron chi connectivity index (χ0n) is 27.7. The highest BCUT2D eigenvalue weighted by molar-refractivity contribution is 7.09. The predicted molar refractivity (Wildman–Crippen MR) is 177 cm³/mol. The largest absolute Gasteiger partial charge is 0.487 e. The van der Waals surface area contributed by atoms with E-state index in [1.54, 1.807) is 34.4 Å². The summed E-state index contributed by atoms with van der Waals surface area (Å²) in [5.74, 6) is -0.0971. The van der Waals surface area contributed by atoms with Crippen molar-refractivity contribution in [1.29, 1.82) is 0 Å². The number of aromatic nitrogens is 1. The van der Waals surface area contributed by atoms with Gasteiger partial charge < -0.3 is 43.5 Å². The normalized spacial score (nSPS) is 22.9. The fraction of sp³-hybridized carbons (Fsp3) is 0.514. The second-order valence-corrected chi connectivity index (χ2v) is 13.6. The first-order valence-corrected chi connectivity index (χ1v) is 17.2. The average Bonchev–Trinajstić information content (AvgIpc) is 3.89. The van der Waals surface area contributed by atoms with Gasteiger partial charge in [0.25, 0.3) is 5.91 Å². The van der Waals surface area contributed by atoms with Gasteiger partial charge in [-0.3, -0.25) is 4.79 Å². The smallest absolute Gasteiger partial charge is 0.254 e. The zero-order valence-corrected chi connectivity index (χ0v) is 28.5. The molecule has 258 valence electrons. The number of benzene rings is 2. The SMILES string of the molecule is CCC(=NC(Cc1ccc(OCc2csc(C)n2)cc1)C(O)CN(C(=O)c1ccc2c(c1)OCO2)C(C)C)OC1(O)COC2OCCC21. The van der Waals surface area contributed by atoms with Crippen LogP contribution in [-0.2, 0) is 27.2 Å². The molecule has 0 bridgehead atoms. The molecule has 0 radical (unpaired) electrons. The lowest BCUT2D eigenvalue weighted by atomic mass is 9.99. The van der Waals surface area contributed by atoms with Crippen LogP contribution in [0.4, 0.5) is 0 Å². The number of rotatable bonds is 13. The number of aryl methyl sites for hydroxylation is 1. The van der Waals surface area contributed by atoms with E-state index in [1.807, 2.05) is 57.3 Å². The van der Waals surface area contributed by atoms with Crippen LogP contribution in [0, 0.1) is 12.8 Å². The molecule has 2 N–H and O–H groups in total. The van der Waals surface area contributed by atoms with Crippen molar-refractivity contribution in [3.05, 3.63) is 69.7 Å². The maximum absolute atomic E-state index is 13.7. The van der Waals surface area contributed by atoms with Gasteiger partial charge in [-0.15, -0.1) is 11.3 Å². The number of aliphatic imine (C=N–C) groups is 1. The standard InChI is InChI=1S/C35H43N3O9S/c1-5-32(47-35(41)19-44-34-27(35)12-13-42-34)37-28(14-23-6-9-26(10-7-23)43-17-25-18-48-22(4)36-25)29(39)16-38(21(2)3)33(40)24-8-11-30-31(15-24)46-20-45-30/h6-11,15,18,21,27-29,34,39,41H,5,12-14,16-17,19-20H2,1-4H3. The van der Waals surface area contributed by atoms with Crippen molar-refractivity contribution < 1.29 is 43.4 Å². The minimum Gasteiger partial charge on any atom is -0.487 e. The van der Waals surface area contributed by atoms with E-state index in [9.17, 15) is 15.0 Å². The number of thiazole rings is 1. The van der Waals surface area contributed by atoms with E-state index in [0.717, 1.165) is 16.3 Å². The first-order valence-electron chi connectivity index (χ1n) is 16.3. The van der Waals surface area contributed by atoms with Crippen LogP contribution in [0.2, 0.25) is 0 Å².